The van der Waals surface area contributed by atoms with Crippen LogP contribution in [-0.2, 0) is 22.4 Å². The van der Waals surface area contributed by atoms with Crippen molar-refractivity contribution in [1.82, 2.24) is 0 Å². The monoisotopic (exact) mass is 425 g/mol. The van der Waals surface area contributed by atoms with Crippen LogP contribution >= 0.6 is 11.3 Å². The van der Waals surface area contributed by atoms with Crippen LogP contribution in [0.25, 0.3) is 0 Å². The van der Waals surface area contributed by atoms with Gasteiger partial charge in [-0.3, -0.25) is 4.79 Å². The van der Waals surface area contributed by atoms with Crippen LogP contribution in [0.3, 0.4) is 0 Å². The fraction of sp³-hybridized carbons (Fsp3) is 0.520. The Morgan fingerprint density at radius 3 is 2.63 bits per heavy atom. The van der Waals surface area contributed by atoms with E-state index < -0.39 is 0 Å². The average Bonchev–Trinajstić information content (AvgIpc) is 3.49. The van der Waals surface area contributed by atoms with Gasteiger partial charge in [-0.1, -0.05) is 57.5 Å². The number of hydrogen-bond donors (Lipinski definition) is 1. The van der Waals surface area contributed by atoms with Gasteiger partial charge in [-0.2, -0.15) is 0 Å². The van der Waals surface area contributed by atoms with Gasteiger partial charge in [-0.15, -0.1) is 11.3 Å². The minimum absolute atomic E-state index is 0.0121. The highest BCUT2D eigenvalue weighted by atomic mass is 32.1. The van der Waals surface area contributed by atoms with Gasteiger partial charge in [0, 0.05) is 10.8 Å². The van der Waals surface area contributed by atoms with Crippen molar-refractivity contribution < 1.29 is 14.3 Å². The first-order chi connectivity index (χ1) is 14.4. The quantitative estimate of drug-likeness (QED) is 0.594. The number of fused-ring (bicyclic) bond motifs is 1. The zero-order valence-electron chi connectivity index (χ0n) is 18.3. The number of ether oxygens (including phenoxy) is 1. The summed E-state index contributed by atoms with van der Waals surface area (Å²) in [6.45, 7) is 6.90. The van der Waals surface area contributed by atoms with Gasteiger partial charge in [0.2, 0.25) is 5.91 Å². The smallest absolute Gasteiger partial charge is 0.341 e. The van der Waals surface area contributed by atoms with Gasteiger partial charge >= 0.3 is 5.97 Å². The molecule has 3 atom stereocenters. The molecule has 30 heavy (non-hydrogen) atoms. The van der Waals surface area contributed by atoms with Gasteiger partial charge in [0.15, 0.2) is 0 Å². The number of thiophene rings is 1. The maximum atomic E-state index is 12.9. The number of carbonyl (C=O) groups is 2. The molecule has 0 aliphatic heterocycles. The van der Waals surface area contributed by atoms with E-state index in [1.807, 2.05) is 18.2 Å². The topological polar surface area (TPSA) is 55.4 Å². The van der Waals surface area contributed by atoms with Crippen LogP contribution in [0.2, 0.25) is 0 Å². The minimum atomic E-state index is -0.341. The van der Waals surface area contributed by atoms with Crippen LogP contribution in [0.5, 0.6) is 0 Å². The summed E-state index contributed by atoms with van der Waals surface area (Å²) in [6.07, 6.45) is 4.91. The van der Waals surface area contributed by atoms with Gasteiger partial charge in [-0.25, -0.2) is 4.79 Å². The molecule has 2 aliphatic carbocycles. The molecule has 1 amide bonds. The average molecular weight is 426 g/mol. The lowest BCUT2D eigenvalue weighted by Gasteiger charge is -2.36. The third-order valence-electron chi connectivity index (χ3n) is 7.26. The Morgan fingerprint density at radius 2 is 1.97 bits per heavy atom. The summed E-state index contributed by atoms with van der Waals surface area (Å²) >= 11 is 1.57. The lowest BCUT2D eigenvalue weighted by molar-refractivity contribution is -0.117. The van der Waals surface area contributed by atoms with Crippen molar-refractivity contribution in [3.05, 3.63) is 51.9 Å². The molecule has 0 radical (unpaired) electrons. The fourth-order valence-electron chi connectivity index (χ4n) is 4.71. The van der Waals surface area contributed by atoms with Gasteiger partial charge in [0.05, 0.1) is 12.7 Å². The second-order valence-corrected chi connectivity index (χ2v) is 10.4. The first-order valence-corrected chi connectivity index (χ1v) is 11.8. The van der Waals surface area contributed by atoms with E-state index in [4.69, 9.17) is 4.74 Å². The zero-order valence-corrected chi connectivity index (χ0v) is 19.1. The maximum Gasteiger partial charge on any atom is 0.341 e. The molecule has 0 bridgehead atoms. The molecule has 1 saturated carbocycles. The van der Waals surface area contributed by atoms with Crippen molar-refractivity contribution in [3.63, 3.8) is 0 Å². The van der Waals surface area contributed by atoms with Crippen molar-refractivity contribution in [2.24, 2.45) is 17.3 Å². The summed E-state index contributed by atoms with van der Waals surface area (Å²) in [6, 6.07) is 10.2. The molecule has 1 N–H and O–H groups in total. The fourth-order valence-corrected chi connectivity index (χ4v) is 6.02. The Morgan fingerprint density at radius 1 is 1.23 bits per heavy atom. The van der Waals surface area contributed by atoms with Crippen LogP contribution in [0.1, 0.15) is 72.3 Å². The largest absolute Gasteiger partial charge is 0.465 e. The van der Waals surface area contributed by atoms with E-state index in [1.165, 1.54) is 17.6 Å². The second-order valence-electron chi connectivity index (χ2n) is 9.33. The summed E-state index contributed by atoms with van der Waals surface area (Å²) in [7, 11) is 1.41. The summed E-state index contributed by atoms with van der Waals surface area (Å²) in [5, 5.41) is 3.76. The van der Waals surface area contributed by atoms with E-state index in [1.54, 1.807) is 11.3 Å². The molecule has 1 aromatic heterocycles. The van der Waals surface area contributed by atoms with Gasteiger partial charge in [-0.05, 0) is 54.1 Å². The predicted octanol–water partition coefficient (Wildman–Crippen LogP) is 5.82. The van der Waals surface area contributed by atoms with E-state index in [9.17, 15) is 9.59 Å². The Kier molecular flexibility index (Phi) is 5.75. The number of esters is 1. The van der Waals surface area contributed by atoms with Crippen molar-refractivity contribution in [2.45, 2.75) is 58.8 Å². The lowest BCUT2D eigenvalue weighted by Crippen LogP contribution is -2.28. The van der Waals surface area contributed by atoms with Gasteiger partial charge in [0.25, 0.3) is 0 Å². The summed E-state index contributed by atoms with van der Waals surface area (Å²) < 4.78 is 5.08. The Balaban J connectivity index is 1.55. The Labute approximate surface area is 183 Å². The molecule has 5 heteroatoms. The van der Waals surface area contributed by atoms with Crippen LogP contribution in [0.15, 0.2) is 30.3 Å². The molecule has 4 rings (SSSR count). The number of anilines is 1. The Bertz CT molecular complexity index is 947. The highest BCUT2D eigenvalue weighted by Gasteiger charge is 2.44. The van der Waals surface area contributed by atoms with E-state index in [2.05, 4.69) is 38.2 Å². The number of nitrogens with one attached hydrogen (secondary N) is 1. The molecule has 160 valence electrons. The molecule has 1 heterocycles. The molecule has 0 saturated heterocycles. The van der Waals surface area contributed by atoms with E-state index in [-0.39, 0.29) is 29.1 Å². The summed E-state index contributed by atoms with van der Waals surface area (Å²) in [5.41, 5.74) is 3.14. The number of methoxy groups -OCH3 is 1. The van der Waals surface area contributed by atoms with Crippen LogP contribution < -0.4 is 5.32 Å². The molecular formula is C25H31NO3S. The van der Waals surface area contributed by atoms with Crippen molar-refractivity contribution in [2.75, 3.05) is 12.4 Å². The minimum Gasteiger partial charge on any atom is -0.465 e. The van der Waals surface area contributed by atoms with Gasteiger partial charge in [0.1, 0.15) is 5.00 Å². The highest BCUT2D eigenvalue weighted by Crippen LogP contribution is 2.49. The van der Waals surface area contributed by atoms with Crippen LogP contribution in [0, 0.1) is 17.3 Å². The normalized spacial score (nSPS) is 22.9. The molecule has 4 nitrogen and oxygen atoms in total. The molecule has 2 aromatic rings. The molecule has 0 unspecified atom stereocenters. The number of benzene rings is 1. The number of amides is 1. The highest BCUT2D eigenvalue weighted by molar-refractivity contribution is 7.17. The van der Waals surface area contributed by atoms with Crippen LogP contribution in [0.4, 0.5) is 5.00 Å². The molecule has 1 fully saturated rings. The molecule has 2 aliphatic rings. The number of rotatable bonds is 6. The molecule has 1 aromatic carbocycles. The standard InChI is InChI=1S/C25H31NO3S/c1-5-25(2,3)16-11-12-17-20(13-16)30-23(21(17)24(28)29-4)26-22(27)19-14-18(19)15-9-7-6-8-10-15/h6-10,16,18-19H,5,11-14H2,1-4H3,(H,26,27)/t16-,18-,19+/m1/s1. The predicted molar refractivity (Wildman–Crippen MR) is 121 cm³/mol. The SMILES string of the molecule is CCC(C)(C)[C@@H]1CCc2c(sc(NC(=O)[C@H]3C[C@@H]3c3ccccc3)c2C(=O)OC)C1. The van der Waals surface area contributed by atoms with E-state index in [0.717, 1.165) is 37.7 Å². The third kappa shape index (κ3) is 3.92. The Hall–Kier alpha value is -2.14. The number of carbonyl (C=O) groups excluding carboxylic acids is 2. The lowest BCUT2D eigenvalue weighted by atomic mass is 9.69. The van der Waals surface area contributed by atoms with E-state index >= 15 is 0 Å². The zero-order chi connectivity index (χ0) is 21.5. The molecule has 0 spiro atoms. The third-order valence-corrected chi connectivity index (χ3v) is 8.43. The van der Waals surface area contributed by atoms with Crippen molar-refractivity contribution in [3.8, 4) is 0 Å². The maximum absolute atomic E-state index is 12.9. The van der Waals surface area contributed by atoms with Crippen molar-refractivity contribution >= 4 is 28.2 Å². The number of hydrogen-bond acceptors (Lipinski definition) is 4. The first-order valence-electron chi connectivity index (χ1n) is 10.9. The van der Waals surface area contributed by atoms with Crippen molar-refractivity contribution in [1.29, 1.82) is 0 Å². The van der Waals surface area contributed by atoms with Crippen LogP contribution in [-0.4, -0.2) is 19.0 Å². The first kappa shape index (κ1) is 21.1. The summed E-state index contributed by atoms with van der Waals surface area (Å²) in [5.74, 6) is 0.513. The molecular weight excluding hydrogens is 394 g/mol. The second kappa shape index (κ2) is 8.18. The van der Waals surface area contributed by atoms with Gasteiger partial charge < -0.3 is 10.1 Å². The summed E-state index contributed by atoms with van der Waals surface area (Å²) in [4.78, 5) is 26.8. The van der Waals surface area contributed by atoms with E-state index in [0.29, 0.717) is 16.5 Å².